The van der Waals surface area contributed by atoms with Crippen molar-refractivity contribution in [2.45, 2.75) is 118 Å². The summed E-state index contributed by atoms with van der Waals surface area (Å²) in [6.07, 6.45) is 2.56. The molecule has 2 aliphatic heterocycles. The van der Waals surface area contributed by atoms with E-state index in [0.29, 0.717) is 0 Å². The van der Waals surface area contributed by atoms with Gasteiger partial charge < -0.3 is 4.74 Å². The molecule has 2 aliphatic rings. The molecule has 9 heteroatoms. The van der Waals surface area contributed by atoms with E-state index in [1.54, 1.807) is 0 Å². The summed E-state index contributed by atoms with van der Waals surface area (Å²) in [4.78, 5) is 0. The number of hydrogen-bond donors (Lipinski definition) is 1. The van der Waals surface area contributed by atoms with Crippen LogP contribution in [0.15, 0.2) is 4.74 Å². The normalized spacial score (nSPS) is 26.9. The Morgan fingerprint density at radius 2 is 1.21 bits per heavy atom. The molecule has 5 nitrogen and oxygen atoms in total. The van der Waals surface area contributed by atoms with Crippen molar-refractivity contribution in [2.24, 2.45) is 4.74 Å². The van der Waals surface area contributed by atoms with Gasteiger partial charge in [0.1, 0.15) is 0 Å². The molecule has 0 aromatic heterocycles. The molecule has 2 rings (SSSR count). The Kier molecular flexibility index (Phi) is 12.4. The van der Waals surface area contributed by atoms with Gasteiger partial charge in [0.05, 0.1) is 0 Å². The summed E-state index contributed by atoms with van der Waals surface area (Å²) in [5.41, 5.74) is 0.153. The minimum Gasteiger partial charge on any atom is 1.00 e. The van der Waals surface area contributed by atoms with Crippen LogP contribution in [0.5, 0.6) is 0 Å². The minimum absolute atomic E-state index is 0. The first-order valence-corrected chi connectivity index (χ1v) is 15.5. The molecule has 0 amide bonds. The van der Waals surface area contributed by atoms with Gasteiger partial charge in [0, 0.05) is 13.2 Å². The molecule has 0 bridgehead atoms. The zero-order chi connectivity index (χ0) is 22.2. The van der Waals surface area contributed by atoms with Crippen molar-refractivity contribution >= 4 is 30.0 Å². The maximum absolute atomic E-state index is 5.31. The summed E-state index contributed by atoms with van der Waals surface area (Å²) >= 11 is 3.55. The largest absolute Gasteiger partial charge is 1.00 e. The summed E-state index contributed by atoms with van der Waals surface area (Å²) in [5, 5.41) is 3.87. The Morgan fingerprint density at radius 3 is 1.41 bits per heavy atom. The first kappa shape index (κ1) is 31.7. The van der Waals surface area contributed by atoms with Gasteiger partial charge in [0.15, 0.2) is 0 Å². The zero-order valence-electron chi connectivity index (χ0n) is 21.4. The first-order chi connectivity index (χ1) is 12.3. The fourth-order valence-electron chi connectivity index (χ4n) is 3.08. The van der Waals surface area contributed by atoms with Gasteiger partial charge in [-0.05, 0) is 12.8 Å². The van der Waals surface area contributed by atoms with Crippen LogP contribution in [-0.2, 0) is 4.74 Å². The van der Waals surface area contributed by atoms with Gasteiger partial charge in [0.2, 0.25) is 0 Å². The molecule has 1 N–H and O–H groups in total. The van der Waals surface area contributed by atoms with Gasteiger partial charge in [-0.2, -0.15) is 0 Å². The molecule has 29 heavy (non-hydrogen) atoms. The van der Waals surface area contributed by atoms with E-state index in [1.807, 2.05) is 0 Å². The van der Waals surface area contributed by atoms with Gasteiger partial charge in [-0.1, -0.05) is 0 Å². The first-order valence-electron chi connectivity index (χ1n) is 10.4. The van der Waals surface area contributed by atoms with Gasteiger partial charge >= 0.3 is 205 Å². The number of hydrogen-bond acceptors (Lipinski definition) is 3. The molecular formula is C20H45KN4OP2Se. The van der Waals surface area contributed by atoms with Crippen molar-refractivity contribution in [1.29, 1.82) is 0 Å². The molecule has 0 atom stereocenters. The van der Waals surface area contributed by atoms with E-state index in [0.717, 1.165) is 13.2 Å². The maximum atomic E-state index is 5.31. The Morgan fingerprint density at radius 1 is 0.828 bits per heavy atom. The second-order valence-electron chi connectivity index (χ2n) is 11.7. The fourth-order valence-corrected chi connectivity index (χ4v) is 17.8. The average Bonchev–Trinajstić information content (AvgIpc) is 2.87. The van der Waals surface area contributed by atoms with Crippen LogP contribution in [-0.4, -0.2) is 59.8 Å². The van der Waals surface area contributed by atoms with Crippen LogP contribution in [0, 0.1) is 0 Å². The molecule has 0 aliphatic carbocycles. The average molecular weight is 538 g/mol. The predicted octanol–water partition coefficient (Wildman–Crippen LogP) is 3.53. The van der Waals surface area contributed by atoms with Gasteiger partial charge in [-0.25, -0.2) is 0 Å². The molecule has 0 spiro atoms. The minimum atomic E-state index is -1.84. The molecule has 2 heterocycles. The third-order valence-electron chi connectivity index (χ3n) is 3.75. The quantitative estimate of drug-likeness (QED) is 0.411. The van der Waals surface area contributed by atoms with Crippen molar-refractivity contribution in [3.8, 4) is 0 Å². The standard InChI is InChI=1S/C16H37N4P2Se.C4H8O.K/c1-13(2,3)17-21-19(15(7,8)9)22(23,18-14(4,5)6)20(21)16(10,11)12;1-2-4-5-3-1;/h17H,1-12H3;1-4H2;/q-1;;+1. The Balaban J connectivity index is 0.00000113. The van der Waals surface area contributed by atoms with Crippen LogP contribution in [0.3, 0.4) is 0 Å². The van der Waals surface area contributed by atoms with Crippen LogP contribution in [0.4, 0.5) is 0 Å². The smallest absolute Gasteiger partial charge is 1.00 e. The second-order valence-corrected chi connectivity index (χ2v) is 19.0. The van der Waals surface area contributed by atoms with Crippen LogP contribution < -0.4 is 56.5 Å². The van der Waals surface area contributed by atoms with Crippen LogP contribution in [0.1, 0.15) is 95.9 Å². The summed E-state index contributed by atoms with van der Waals surface area (Å²) in [7, 11) is -0.589. The number of nitrogens with zero attached hydrogens (tertiary/aromatic N) is 3. The molecule has 0 aromatic rings. The van der Waals surface area contributed by atoms with Crippen LogP contribution in [0.25, 0.3) is 0 Å². The summed E-state index contributed by atoms with van der Waals surface area (Å²) in [5.74, 6) is 0. The molecule has 0 aromatic carbocycles. The van der Waals surface area contributed by atoms with E-state index in [4.69, 9.17) is 9.48 Å². The Labute approximate surface area is 233 Å². The monoisotopic (exact) mass is 538 g/mol. The fraction of sp³-hybridized carbons (Fsp3) is 1.00. The van der Waals surface area contributed by atoms with Gasteiger partial charge in [-0.15, -0.1) is 0 Å². The van der Waals surface area contributed by atoms with Gasteiger partial charge in [-0.3, -0.25) is 0 Å². The zero-order valence-corrected chi connectivity index (χ0v) is 28.0. The molecule has 2 fully saturated rings. The molecule has 0 saturated carbocycles. The molecular weight excluding hydrogens is 492 g/mol. The van der Waals surface area contributed by atoms with E-state index in [2.05, 4.69) is 113 Å². The van der Waals surface area contributed by atoms with E-state index < -0.39 is 14.4 Å². The summed E-state index contributed by atoms with van der Waals surface area (Å²) in [6, 6.07) is -1.84. The van der Waals surface area contributed by atoms with Gasteiger partial charge in [0.25, 0.3) is 0 Å². The van der Waals surface area contributed by atoms with E-state index >= 15 is 0 Å². The molecule has 2 saturated heterocycles. The maximum Gasteiger partial charge on any atom is 1.00 e. The molecule has 168 valence electrons. The predicted molar refractivity (Wildman–Crippen MR) is 128 cm³/mol. The third-order valence-corrected chi connectivity index (χ3v) is 16.3. The van der Waals surface area contributed by atoms with E-state index in [9.17, 15) is 0 Å². The van der Waals surface area contributed by atoms with Crippen molar-refractivity contribution in [3.05, 3.63) is 0 Å². The van der Waals surface area contributed by atoms with E-state index in [-0.39, 0.29) is 73.5 Å². The Hall–Kier alpha value is 2.66. The van der Waals surface area contributed by atoms with Crippen molar-refractivity contribution in [1.82, 2.24) is 14.0 Å². The second kappa shape index (κ2) is 11.4. The van der Waals surface area contributed by atoms with Crippen LogP contribution in [0.2, 0.25) is 0 Å². The number of rotatable bonds is 1. The molecule has 0 unspecified atom stereocenters. The third kappa shape index (κ3) is 9.81. The van der Waals surface area contributed by atoms with Crippen LogP contribution >= 0.6 is 14.4 Å². The molecule has 0 radical (unpaired) electrons. The number of ether oxygens (including phenoxy) is 1. The van der Waals surface area contributed by atoms with E-state index in [1.165, 1.54) is 12.8 Å². The van der Waals surface area contributed by atoms with Crippen molar-refractivity contribution in [2.75, 3.05) is 13.2 Å². The van der Waals surface area contributed by atoms with Crippen molar-refractivity contribution < 1.29 is 56.1 Å². The topological polar surface area (TPSA) is 40.1 Å². The number of nitrogens with one attached hydrogen (secondary N) is 1. The Bertz CT molecular complexity index is 539. The summed E-state index contributed by atoms with van der Waals surface area (Å²) < 4.78 is 15.5. The SMILES string of the molecule is C1CCOC1.CC(C)(C)N=P1([Se-])N(C(C)(C)C)P(NC(C)(C)C)N1C(C)(C)C.[K+]. The van der Waals surface area contributed by atoms with Crippen molar-refractivity contribution in [3.63, 3.8) is 0 Å². The summed E-state index contributed by atoms with van der Waals surface area (Å²) in [6.45, 7) is 29.2.